The van der Waals surface area contributed by atoms with Crippen molar-refractivity contribution >= 4 is 5.91 Å². The smallest absolute Gasteiger partial charge is 0.328 e. The van der Waals surface area contributed by atoms with Gasteiger partial charge in [0.25, 0.3) is 5.91 Å². The molecular formula is C7H7N3O3. The van der Waals surface area contributed by atoms with Gasteiger partial charge < -0.3 is 4.90 Å². The number of nitrogens with one attached hydrogen (secondary N) is 1. The lowest BCUT2D eigenvalue weighted by Crippen LogP contribution is -2.28. The van der Waals surface area contributed by atoms with Crippen LogP contribution in [0.25, 0.3) is 0 Å². The van der Waals surface area contributed by atoms with E-state index in [-0.39, 0.29) is 12.4 Å². The molecule has 1 aromatic rings. The van der Waals surface area contributed by atoms with E-state index in [1.165, 1.54) is 11.9 Å². The van der Waals surface area contributed by atoms with Gasteiger partial charge in [0.2, 0.25) is 5.82 Å². The minimum Gasteiger partial charge on any atom is -0.328 e. The van der Waals surface area contributed by atoms with E-state index < -0.39 is 11.7 Å². The molecule has 1 heterocycles. The van der Waals surface area contributed by atoms with Crippen LogP contribution in [-0.2, 0) is 0 Å². The van der Waals surface area contributed by atoms with Gasteiger partial charge in [-0.1, -0.05) is 5.92 Å². The van der Waals surface area contributed by atoms with Crippen LogP contribution in [0.5, 0.6) is 0 Å². The van der Waals surface area contributed by atoms with Crippen LogP contribution >= 0.6 is 0 Å². The van der Waals surface area contributed by atoms with Crippen LogP contribution in [0.2, 0.25) is 0 Å². The summed E-state index contributed by atoms with van der Waals surface area (Å²) in [4.78, 5) is 25.1. The highest BCUT2D eigenvalue weighted by atomic mass is 16.5. The normalized spacial score (nSPS) is 9.23. The summed E-state index contributed by atoms with van der Waals surface area (Å²) in [7, 11) is 1.50. The molecule has 13 heavy (non-hydrogen) atoms. The SMILES string of the molecule is C#CCN(C)C(=O)c1noc(=O)[nH]1. The Morgan fingerprint density at radius 3 is 3.00 bits per heavy atom. The fraction of sp³-hybridized carbons (Fsp3) is 0.286. The van der Waals surface area contributed by atoms with E-state index in [4.69, 9.17) is 6.42 Å². The third-order valence-corrected chi connectivity index (χ3v) is 1.32. The number of hydrogen-bond donors (Lipinski definition) is 1. The van der Waals surface area contributed by atoms with E-state index in [9.17, 15) is 9.59 Å². The van der Waals surface area contributed by atoms with Crippen molar-refractivity contribution in [3.8, 4) is 12.3 Å². The largest absolute Gasteiger partial charge is 0.439 e. The van der Waals surface area contributed by atoms with Crippen molar-refractivity contribution in [2.75, 3.05) is 13.6 Å². The molecule has 68 valence electrons. The van der Waals surface area contributed by atoms with Gasteiger partial charge >= 0.3 is 5.76 Å². The summed E-state index contributed by atoms with van der Waals surface area (Å²) in [6, 6.07) is 0. The van der Waals surface area contributed by atoms with Crippen molar-refractivity contribution in [2.45, 2.75) is 0 Å². The van der Waals surface area contributed by atoms with E-state index in [0.29, 0.717) is 0 Å². The molecule has 0 spiro atoms. The van der Waals surface area contributed by atoms with Gasteiger partial charge in [-0.3, -0.25) is 14.3 Å². The molecule has 0 aliphatic heterocycles. The monoisotopic (exact) mass is 181 g/mol. The maximum atomic E-state index is 11.3. The second kappa shape index (κ2) is 3.58. The number of H-pyrrole nitrogens is 1. The van der Waals surface area contributed by atoms with Crippen molar-refractivity contribution in [1.29, 1.82) is 0 Å². The molecular weight excluding hydrogens is 174 g/mol. The highest BCUT2D eigenvalue weighted by Gasteiger charge is 2.15. The highest BCUT2D eigenvalue weighted by molar-refractivity contribution is 5.90. The Labute approximate surface area is 73.5 Å². The molecule has 0 atom stereocenters. The molecule has 1 N–H and O–H groups in total. The number of carbonyl (C=O) groups excluding carboxylic acids is 1. The summed E-state index contributed by atoms with van der Waals surface area (Å²) in [6.07, 6.45) is 4.99. The standard InChI is InChI=1S/C7H7N3O3/c1-3-4-10(2)6(11)5-8-7(12)13-9-5/h1H,4H2,2H3,(H,8,9,12). The third kappa shape index (κ3) is 1.96. The molecule has 6 nitrogen and oxygen atoms in total. The highest BCUT2D eigenvalue weighted by Crippen LogP contribution is 1.92. The zero-order valence-electron chi connectivity index (χ0n) is 6.90. The quantitative estimate of drug-likeness (QED) is 0.597. The lowest BCUT2D eigenvalue weighted by Gasteiger charge is -2.09. The Morgan fingerprint density at radius 2 is 2.54 bits per heavy atom. The average molecular weight is 181 g/mol. The van der Waals surface area contributed by atoms with Crippen LogP contribution < -0.4 is 5.76 Å². The van der Waals surface area contributed by atoms with Crippen molar-refractivity contribution < 1.29 is 9.32 Å². The first-order chi connectivity index (χ1) is 6.15. The van der Waals surface area contributed by atoms with Crippen LogP contribution in [0.3, 0.4) is 0 Å². The average Bonchev–Trinajstić information content (AvgIpc) is 2.51. The van der Waals surface area contributed by atoms with Crippen molar-refractivity contribution in [1.82, 2.24) is 15.0 Å². The first kappa shape index (κ1) is 9.06. The van der Waals surface area contributed by atoms with Crippen LogP contribution in [0.15, 0.2) is 9.32 Å². The van der Waals surface area contributed by atoms with E-state index in [1.807, 2.05) is 0 Å². The minimum atomic E-state index is -0.766. The van der Waals surface area contributed by atoms with Gasteiger partial charge in [-0.2, -0.15) is 0 Å². The lowest BCUT2D eigenvalue weighted by atomic mass is 10.5. The molecule has 0 unspecified atom stereocenters. The topological polar surface area (TPSA) is 79.2 Å². The minimum absolute atomic E-state index is 0.147. The van der Waals surface area contributed by atoms with Crippen LogP contribution in [0.1, 0.15) is 10.6 Å². The number of aromatic nitrogens is 2. The second-order valence-corrected chi connectivity index (χ2v) is 2.31. The Balaban J connectivity index is 2.80. The van der Waals surface area contributed by atoms with Gasteiger partial charge in [-0.05, 0) is 5.16 Å². The van der Waals surface area contributed by atoms with E-state index in [2.05, 4.69) is 20.6 Å². The van der Waals surface area contributed by atoms with E-state index in [0.717, 1.165) is 0 Å². The third-order valence-electron chi connectivity index (χ3n) is 1.32. The molecule has 0 aromatic carbocycles. The van der Waals surface area contributed by atoms with E-state index >= 15 is 0 Å². The molecule has 1 rings (SSSR count). The molecule has 0 aliphatic rings. The lowest BCUT2D eigenvalue weighted by molar-refractivity contribution is 0.0797. The van der Waals surface area contributed by atoms with Gasteiger partial charge in [0.1, 0.15) is 0 Å². The van der Waals surface area contributed by atoms with Crippen LogP contribution in [-0.4, -0.2) is 34.5 Å². The predicted octanol–water partition coefficient (Wildman–Crippen LogP) is -0.932. The Kier molecular flexibility index (Phi) is 2.50. The van der Waals surface area contributed by atoms with Gasteiger partial charge in [-0.25, -0.2) is 4.79 Å². The molecule has 6 heteroatoms. The first-order valence-electron chi connectivity index (χ1n) is 3.40. The summed E-state index contributed by atoms with van der Waals surface area (Å²) < 4.78 is 4.15. The van der Waals surface area contributed by atoms with Crippen LogP contribution in [0.4, 0.5) is 0 Å². The number of aromatic amines is 1. The fourth-order valence-corrected chi connectivity index (χ4v) is 0.711. The molecule has 1 amide bonds. The summed E-state index contributed by atoms with van der Waals surface area (Å²) in [5.41, 5.74) is 0. The summed E-state index contributed by atoms with van der Waals surface area (Å²) >= 11 is 0. The van der Waals surface area contributed by atoms with Crippen molar-refractivity contribution in [2.24, 2.45) is 0 Å². The van der Waals surface area contributed by atoms with Crippen molar-refractivity contribution in [3.05, 3.63) is 16.4 Å². The van der Waals surface area contributed by atoms with Gasteiger partial charge in [0, 0.05) is 7.05 Å². The Bertz CT molecular complexity index is 398. The molecule has 0 radical (unpaired) electrons. The predicted molar refractivity (Wildman–Crippen MR) is 42.9 cm³/mol. The maximum Gasteiger partial charge on any atom is 0.439 e. The maximum absolute atomic E-state index is 11.3. The van der Waals surface area contributed by atoms with Gasteiger partial charge in [-0.15, -0.1) is 6.42 Å². The summed E-state index contributed by atoms with van der Waals surface area (Å²) in [6.45, 7) is 0.147. The Hall–Kier alpha value is -2.03. The van der Waals surface area contributed by atoms with Gasteiger partial charge in [0.15, 0.2) is 0 Å². The Morgan fingerprint density at radius 1 is 1.85 bits per heavy atom. The van der Waals surface area contributed by atoms with E-state index in [1.54, 1.807) is 0 Å². The second-order valence-electron chi connectivity index (χ2n) is 2.31. The zero-order chi connectivity index (χ0) is 9.84. The number of rotatable bonds is 2. The number of amides is 1. The van der Waals surface area contributed by atoms with Gasteiger partial charge in [0.05, 0.1) is 6.54 Å². The molecule has 1 aromatic heterocycles. The number of terminal acetylenes is 1. The fourth-order valence-electron chi connectivity index (χ4n) is 0.711. The molecule has 0 saturated heterocycles. The summed E-state index contributed by atoms with van der Waals surface area (Å²) in [5, 5.41) is 3.22. The molecule has 0 saturated carbocycles. The van der Waals surface area contributed by atoms with Crippen molar-refractivity contribution in [3.63, 3.8) is 0 Å². The number of hydrogen-bond acceptors (Lipinski definition) is 4. The van der Waals surface area contributed by atoms with Crippen LogP contribution in [0, 0.1) is 12.3 Å². The number of nitrogens with zero attached hydrogens (tertiary/aromatic N) is 2. The molecule has 0 aliphatic carbocycles. The number of carbonyl (C=O) groups is 1. The first-order valence-corrected chi connectivity index (χ1v) is 3.40. The zero-order valence-corrected chi connectivity index (χ0v) is 6.90. The summed E-state index contributed by atoms with van der Waals surface area (Å²) in [5.74, 6) is 0.881. The molecule has 0 bridgehead atoms. The molecule has 0 fully saturated rings.